The first-order valence-corrected chi connectivity index (χ1v) is 8.24. The van der Waals surface area contributed by atoms with E-state index >= 15 is 0 Å². The Labute approximate surface area is 127 Å². The number of rotatable bonds is 4. The van der Waals surface area contributed by atoms with Crippen LogP contribution in [0.4, 0.5) is 0 Å². The maximum Gasteiger partial charge on any atom is 0.150 e. The normalized spacial score (nSPS) is 11.9. The predicted molar refractivity (Wildman–Crippen MR) is 90.9 cm³/mol. The zero-order valence-electron chi connectivity index (χ0n) is 11.9. The van der Waals surface area contributed by atoms with E-state index in [9.17, 15) is 0 Å². The van der Waals surface area contributed by atoms with Crippen LogP contribution in [0.3, 0.4) is 0 Å². The van der Waals surface area contributed by atoms with Gasteiger partial charge in [-0.2, -0.15) is 0 Å². The lowest BCUT2D eigenvalue weighted by Gasteiger charge is -2.19. The molecule has 3 rings (SSSR count). The average molecular weight is 292 g/mol. The minimum absolute atomic E-state index is 0.843. The molecule has 0 saturated heterocycles. The standard InChI is InChI=1S/C19H17OP/c1-16-9-8-14-19(15-16)21(18-12-6-3-7-13-18)20-17-10-4-2-5-11-17/h2-15H,1H3. The molecule has 2 heteroatoms. The first-order valence-electron chi connectivity index (χ1n) is 6.98. The average Bonchev–Trinajstić information content (AvgIpc) is 2.54. The summed E-state index contributed by atoms with van der Waals surface area (Å²) >= 11 is 0. The Kier molecular flexibility index (Phi) is 4.33. The van der Waals surface area contributed by atoms with E-state index in [4.69, 9.17) is 4.52 Å². The Morgan fingerprint density at radius 3 is 1.95 bits per heavy atom. The van der Waals surface area contributed by atoms with Gasteiger partial charge in [0.2, 0.25) is 0 Å². The minimum Gasteiger partial charge on any atom is -0.464 e. The third-order valence-corrected chi connectivity index (χ3v) is 5.07. The summed E-state index contributed by atoms with van der Waals surface area (Å²) in [5.41, 5.74) is 1.26. The van der Waals surface area contributed by atoms with E-state index in [1.54, 1.807) is 0 Å². The summed E-state index contributed by atoms with van der Waals surface area (Å²) in [5.74, 6) is 0.911. The molecule has 1 atom stereocenters. The molecule has 21 heavy (non-hydrogen) atoms. The molecule has 0 amide bonds. The summed E-state index contributed by atoms with van der Waals surface area (Å²) < 4.78 is 6.31. The fourth-order valence-corrected chi connectivity index (χ4v) is 3.99. The Bertz CT molecular complexity index is 695. The largest absolute Gasteiger partial charge is 0.464 e. The number of para-hydroxylation sites is 1. The highest BCUT2D eigenvalue weighted by molar-refractivity contribution is 7.68. The molecule has 0 N–H and O–H groups in total. The van der Waals surface area contributed by atoms with Crippen molar-refractivity contribution in [3.8, 4) is 5.75 Å². The summed E-state index contributed by atoms with van der Waals surface area (Å²) in [6, 6.07) is 29.0. The number of hydrogen-bond donors (Lipinski definition) is 0. The quantitative estimate of drug-likeness (QED) is 0.647. The first-order chi connectivity index (χ1) is 10.3. The van der Waals surface area contributed by atoms with Crippen molar-refractivity contribution in [3.63, 3.8) is 0 Å². The highest BCUT2D eigenvalue weighted by Crippen LogP contribution is 2.36. The number of hydrogen-bond acceptors (Lipinski definition) is 1. The molecular weight excluding hydrogens is 275 g/mol. The van der Waals surface area contributed by atoms with Gasteiger partial charge in [0.05, 0.1) is 0 Å². The molecule has 3 aromatic carbocycles. The van der Waals surface area contributed by atoms with Gasteiger partial charge in [-0.05, 0) is 25.1 Å². The first kappa shape index (κ1) is 13.9. The van der Waals surface area contributed by atoms with E-state index in [0.29, 0.717) is 0 Å². The van der Waals surface area contributed by atoms with Crippen LogP contribution in [0, 0.1) is 6.92 Å². The molecule has 0 fully saturated rings. The second-order valence-corrected chi connectivity index (χ2v) is 6.68. The van der Waals surface area contributed by atoms with Crippen LogP contribution in [0.2, 0.25) is 0 Å². The molecule has 0 saturated carbocycles. The molecule has 0 spiro atoms. The van der Waals surface area contributed by atoms with Crippen LogP contribution >= 0.6 is 8.15 Å². The number of benzene rings is 3. The Morgan fingerprint density at radius 1 is 0.667 bits per heavy atom. The molecule has 0 radical (unpaired) electrons. The van der Waals surface area contributed by atoms with Gasteiger partial charge < -0.3 is 4.52 Å². The lowest BCUT2D eigenvalue weighted by atomic mass is 10.2. The van der Waals surface area contributed by atoms with Gasteiger partial charge >= 0.3 is 0 Å². The molecule has 0 aliphatic heterocycles. The lowest BCUT2D eigenvalue weighted by Crippen LogP contribution is -2.15. The Hall–Kier alpha value is -2.11. The summed E-state index contributed by atoms with van der Waals surface area (Å²) in [6.45, 7) is 2.12. The van der Waals surface area contributed by atoms with E-state index in [0.717, 1.165) is 5.75 Å². The van der Waals surface area contributed by atoms with Crippen molar-refractivity contribution in [2.24, 2.45) is 0 Å². The third-order valence-electron chi connectivity index (χ3n) is 3.17. The zero-order chi connectivity index (χ0) is 14.5. The summed E-state index contributed by atoms with van der Waals surface area (Å²) in [7, 11) is -0.843. The van der Waals surface area contributed by atoms with Crippen LogP contribution in [0.1, 0.15) is 5.56 Å². The van der Waals surface area contributed by atoms with Gasteiger partial charge in [-0.15, -0.1) is 0 Å². The van der Waals surface area contributed by atoms with Crippen molar-refractivity contribution in [1.82, 2.24) is 0 Å². The molecule has 104 valence electrons. The fourth-order valence-electron chi connectivity index (χ4n) is 2.16. The Balaban J connectivity index is 1.99. The van der Waals surface area contributed by atoms with E-state index in [2.05, 4.69) is 55.5 Å². The zero-order valence-corrected chi connectivity index (χ0v) is 12.8. The second kappa shape index (κ2) is 6.56. The molecule has 3 aromatic rings. The lowest BCUT2D eigenvalue weighted by molar-refractivity contribution is 0.630. The van der Waals surface area contributed by atoms with E-state index in [1.807, 2.05) is 36.4 Å². The van der Waals surface area contributed by atoms with E-state index in [1.165, 1.54) is 16.2 Å². The van der Waals surface area contributed by atoms with Crippen molar-refractivity contribution in [1.29, 1.82) is 0 Å². The molecular formula is C19H17OP. The van der Waals surface area contributed by atoms with Gasteiger partial charge in [-0.3, -0.25) is 0 Å². The Morgan fingerprint density at radius 2 is 1.29 bits per heavy atom. The van der Waals surface area contributed by atoms with Crippen LogP contribution in [0.5, 0.6) is 5.75 Å². The smallest absolute Gasteiger partial charge is 0.150 e. The molecule has 1 nitrogen and oxygen atoms in total. The second-order valence-electron chi connectivity index (χ2n) is 4.87. The minimum atomic E-state index is -0.843. The van der Waals surface area contributed by atoms with Crippen LogP contribution < -0.4 is 15.1 Å². The monoisotopic (exact) mass is 292 g/mol. The highest BCUT2D eigenvalue weighted by Gasteiger charge is 2.16. The van der Waals surface area contributed by atoms with Gasteiger partial charge in [-0.25, -0.2) is 0 Å². The van der Waals surface area contributed by atoms with Crippen LogP contribution in [0.25, 0.3) is 0 Å². The summed E-state index contributed by atoms with van der Waals surface area (Å²) in [4.78, 5) is 0. The van der Waals surface area contributed by atoms with Gasteiger partial charge in [0, 0.05) is 10.6 Å². The maximum absolute atomic E-state index is 6.31. The van der Waals surface area contributed by atoms with Crippen LogP contribution in [-0.4, -0.2) is 0 Å². The van der Waals surface area contributed by atoms with E-state index in [-0.39, 0.29) is 0 Å². The van der Waals surface area contributed by atoms with Crippen molar-refractivity contribution in [2.45, 2.75) is 6.92 Å². The van der Waals surface area contributed by atoms with Gasteiger partial charge in [-0.1, -0.05) is 72.3 Å². The molecule has 0 bridgehead atoms. The van der Waals surface area contributed by atoms with Gasteiger partial charge in [0.1, 0.15) is 5.75 Å². The van der Waals surface area contributed by atoms with Gasteiger partial charge in [0.15, 0.2) is 8.15 Å². The predicted octanol–water partition coefficient (Wildman–Crippen LogP) is 4.42. The van der Waals surface area contributed by atoms with Crippen molar-refractivity contribution < 1.29 is 4.52 Å². The third kappa shape index (κ3) is 3.51. The van der Waals surface area contributed by atoms with Crippen molar-refractivity contribution in [2.75, 3.05) is 0 Å². The van der Waals surface area contributed by atoms with Gasteiger partial charge in [0.25, 0.3) is 0 Å². The molecule has 0 aromatic heterocycles. The number of aryl methyl sites for hydroxylation is 1. The molecule has 0 aliphatic carbocycles. The van der Waals surface area contributed by atoms with Crippen LogP contribution in [-0.2, 0) is 0 Å². The van der Waals surface area contributed by atoms with E-state index < -0.39 is 8.15 Å². The molecule has 1 unspecified atom stereocenters. The maximum atomic E-state index is 6.31. The van der Waals surface area contributed by atoms with Crippen molar-refractivity contribution >= 4 is 18.8 Å². The van der Waals surface area contributed by atoms with Crippen LogP contribution in [0.15, 0.2) is 84.9 Å². The van der Waals surface area contributed by atoms with Crippen molar-refractivity contribution in [3.05, 3.63) is 90.5 Å². The highest BCUT2D eigenvalue weighted by atomic mass is 31.1. The molecule has 0 aliphatic rings. The summed E-state index contributed by atoms with van der Waals surface area (Å²) in [6.07, 6.45) is 0. The fraction of sp³-hybridized carbons (Fsp3) is 0.0526. The SMILES string of the molecule is Cc1cccc(P(Oc2ccccc2)c2ccccc2)c1. The molecule has 0 heterocycles. The topological polar surface area (TPSA) is 9.23 Å². The summed E-state index contributed by atoms with van der Waals surface area (Å²) in [5, 5.41) is 2.46.